The van der Waals surface area contributed by atoms with E-state index in [0.29, 0.717) is 0 Å². The predicted octanol–water partition coefficient (Wildman–Crippen LogP) is 2.94. The molecule has 0 spiro atoms. The van der Waals surface area contributed by atoms with E-state index in [1.807, 2.05) is 5.38 Å². The fourth-order valence-corrected chi connectivity index (χ4v) is 2.69. The van der Waals surface area contributed by atoms with Crippen molar-refractivity contribution in [1.82, 2.24) is 10.3 Å². The average molecular weight is 267 g/mol. The Balaban J connectivity index is 1.86. The van der Waals surface area contributed by atoms with Gasteiger partial charge >= 0.3 is 0 Å². The van der Waals surface area contributed by atoms with Gasteiger partial charge in [0.1, 0.15) is 0 Å². The molecule has 2 N–H and O–H groups in total. The van der Waals surface area contributed by atoms with Crippen LogP contribution in [-0.2, 0) is 4.79 Å². The zero-order valence-electron chi connectivity index (χ0n) is 11.0. The van der Waals surface area contributed by atoms with Crippen molar-refractivity contribution in [2.24, 2.45) is 5.92 Å². The third kappa shape index (κ3) is 3.29. The summed E-state index contributed by atoms with van der Waals surface area (Å²) in [5.74, 6) is 0.351. The topological polar surface area (TPSA) is 54.0 Å². The van der Waals surface area contributed by atoms with Crippen LogP contribution in [0.1, 0.15) is 51.3 Å². The van der Waals surface area contributed by atoms with Crippen molar-refractivity contribution in [3.8, 4) is 0 Å². The Labute approximate surface area is 112 Å². The van der Waals surface area contributed by atoms with Crippen LogP contribution >= 0.6 is 11.3 Å². The maximum absolute atomic E-state index is 11.8. The Bertz CT molecular complexity index is 401. The Hall–Kier alpha value is -0.940. The van der Waals surface area contributed by atoms with Crippen LogP contribution in [0.2, 0.25) is 0 Å². The van der Waals surface area contributed by atoms with Crippen molar-refractivity contribution in [3.63, 3.8) is 0 Å². The molecule has 1 aliphatic rings. The second-order valence-electron chi connectivity index (χ2n) is 4.87. The normalized spacial score (nSPS) is 17.2. The number of aromatic nitrogens is 1. The molecule has 1 aromatic rings. The first-order chi connectivity index (χ1) is 8.70. The first kappa shape index (κ1) is 13.5. The highest BCUT2D eigenvalue weighted by Crippen LogP contribution is 2.28. The SMILES string of the molecule is CCCNC(C)c1csc(NC(=O)C2CCC2)n1. The van der Waals surface area contributed by atoms with E-state index in [4.69, 9.17) is 0 Å². The molecule has 18 heavy (non-hydrogen) atoms. The average Bonchev–Trinajstić information content (AvgIpc) is 2.71. The summed E-state index contributed by atoms with van der Waals surface area (Å²) < 4.78 is 0. The van der Waals surface area contributed by atoms with Gasteiger partial charge in [-0.05, 0) is 32.7 Å². The van der Waals surface area contributed by atoms with Gasteiger partial charge in [0, 0.05) is 17.3 Å². The highest BCUT2D eigenvalue weighted by atomic mass is 32.1. The van der Waals surface area contributed by atoms with Crippen molar-refractivity contribution in [2.45, 2.75) is 45.6 Å². The fraction of sp³-hybridized carbons (Fsp3) is 0.692. The minimum atomic E-state index is 0.135. The first-order valence-electron chi connectivity index (χ1n) is 6.70. The van der Waals surface area contributed by atoms with Crippen LogP contribution in [0.25, 0.3) is 0 Å². The van der Waals surface area contributed by atoms with E-state index < -0.39 is 0 Å². The predicted molar refractivity (Wildman–Crippen MR) is 74.8 cm³/mol. The van der Waals surface area contributed by atoms with Crippen molar-refractivity contribution in [1.29, 1.82) is 0 Å². The quantitative estimate of drug-likeness (QED) is 0.833. The zero-order valence-corrected chi connectivity index (χ0v) is 11.8. The van der Waals surface area contributed by atoms with E-state index in [9.17, 15) is 4.79 Å². The largest absolute Gasteiger partial charge is 0.309 e. The molecule has 4 nitrogen and oxygen atoms in total. The van der Waals surface area contributed by atoms with Gasteiger partial charge in [-0.25, -0.2) is 4.98 Å². The van der Waals surface area contributed by atoms with E-state index in [1.165, 1.54) is 17.8 Å². The fourth-order valence-electron chi connectivity index (χ4n) is 1.89. The summed E-state index contributed by atoms with van der Waals surface area (Å²) in [6.45, 7) is 5.23. The second-order valence-corrected chi connectivity index (χ2v) is 5.73. The lowest BCUT2D eigenvalue weighted by atomic mass is 9.85. The molecule has 1 unspecified atom stereocenters. The van der Waals surface area contributed by atoms with E-state index in [1.54, 1.807) is 0 Å². The standard InChI is InChI=1S/C13H21N3OS/c1-3-7-14-9(2)11-8-18-13(15-11)16-12(17)10-5-4-6-10/h8-10,14H,3-7H2,1-2H3,(H,15,16,17). The van der Waals surface area contributed by atoms with Gasteiger partial charge in [0.05, 0.1) is 5.69 Å². The van der Waals surface area contributed by atoms with Crippen LogP contribution in [-0.4, -0.2) is 17.4 Å². The maximum Gasteiger partial charge on any atom is 0.229 e. The molecule has 0 radical (unpaired) electrons. The molecule has 100 valence electrons. The zero-order chi connectivity index (χ0) is 13.0. The summed E-state index contributed by atoms with van der Waals surface area (Å²) in [7, 11) is 0. The Morgan fingerprint density at radius 1 is 1.61 bits per heavy atom. The van der Waals surface area contributed by atoms with Gasteiger partial charge in [0.25, 0.3) is 0 Å². The van der Waals surface area contributed by atoms with E-state index >= 15 is 0 Å². The third-order valence-corrected chi connectivity index (χ3v) is 4.15. The minimum absolute atomic E-state index is 0.135. The van der Waals surface area contributed by atoms with E-state index in [0.717, 1.165) is 36.6 Å². The minimum Gasteiger partial charge on any atom is -0.309 e. The highest BCUT2D eigenvalue weighted by Gasteiger charge is 2.25. The van der Waals surface area contributed by atoms with Crippen LogP contribution < -0.4 is 10.6 Å². The summed E-state index contributed by atoms with van der Waals surface area (Å²) in [5, 5.41) is 9.05. The number of rotatable bonds is 6. The molecule has 1 aliphatic carbocycles. The maximum atomic E-state index is 11.8. The molecule has 1 amide bonds. The van der Waals surface area contributed by atoms with Crippen molar-refractivity contribution >= 4 is 22.4 Å². The molecular formula is C13H21N3OS. The number of thiazole rings is 1. The number of amides is 1. The molecule has 0 aliphatic heterocycles. The molecule has 2 rings (SSSR count). The summed E-state index contributed by atoms with van der Waals surface area (Å²) >= 11 is 1.51. The molecule has 1 heterocycles. The van der Waals surface area contributed by atoms with Gasteiger partial charge in [-0.1, -0.05) is 13.3 Å². The first-order valence-corrected chi connectivity index (χ1v) is 7.58. The number of carbonyl (C=O) groups excluding carboxylic acids is 1. The molecular weight excluding hydrogens is 246 g/mol. The molecule has 1 aromatic heterocycles. The van der Waals surface area contributed by atoms with Crippen LogP contribution in [0.5, 0.6) is 0 Å². The van der Waals surface area contributed by atoms with E-state index in [2.05, 4.69) is 29.5 Å². The number of hydrogen-bond acceptors (Lipinski definition) is 4. The molecule has 5 heteroatoms. The number of nitrogens with zero attached hydrogens (tertiary/aromatic N) is 1. The van der Waals surface area contributed by atoms with Crippen molar-refractivity contribution in [2.75, 3.05) is 11.9 Å². The lowest BCUT2D eigenvalue weighted by Gasteiger charge is -2.23. The van der Waals surface area contributed by atoms with Gasteiger partial charge in [-0.15, -0.1) is 11.3 Å². The summed E-state index contributed by atoms with van der Waals surface area (Å²) in [6.07, 6.45) is 4.34. The third-order valence-electron chi connectivity index (χ3n) is 3.37. The summed E-state index contributed by atoms with van der Waals surface area (Å²) in [6, 6.07) is 0.246. The number of hydrogen-bond donors (Lipinski definition) is 2. The monoisotopic (exact) mass is 267 g/mol. The van der Waals surface area contributed by atoms with Gasteiger partial charge in [-0.2, -0.15) is 0 Å². The molecule has 0 saturated heterocycles. The molecule has 0 aromatic carbocycles. The Morgan fingerprint density at radius 2 is 2.39 bits per heavy atom. The lowest BCUT2D eigenvalue weighted by molar-refractivity contribution is -0.122. The number of anilines is 1. The Morgan fingerprint density at radius 3 is 3.00 bits per heavy atom. The Kier molecular flexibility index (Phi) is 4.72. The van der Waals surface area contributed by atoms with Gasteiger partial charge < -0.3 is 10.6 Å². The van der Waals surface area contributed by atoms with Gasteiger partial charge in [0.2, 0.25) is 5.91 Å². The number of carbonyl (C=O) groups is 1. The van der Waals surface area contributed by atoms with Crippen LogP contribution in [0.4, 0.5) is 5.13 Å². The van der Waals surface area contributed by atoms with Crippen LogP contribution in [0, 0.1) is 5.92 Å². The van der Waals surface area contributed by atoms with Crippen LogP contribution in [0.15, 0.2) is 5.38 Å². The van der Waals surface area contributed by atoms with Crippen molar-refractivity contribution in [3.05, 3.63) is 11.1 Å². The summed E-state index contributed by atoms with van der Waals surface area (Å²) in [5.41, 5.74) is 1.01. The molecule has 1 saturated carbocycles. The number of nitrogens with one attached hydrogen (secondary N) is 2. The van der Waals surface area contributed by atoms with E-state index in [-0.39, 0.29) is 17.9 Å². The van der Waals surface area contributed by atoms with Gasteiger partial charge in [0.15, 0.2) is 5.13 Å². The molecule has 1 fully saturated rings. The smallest absolute Gasteiger partial charge is 0.229 e. The highest BCUT2D eigenvalue weighted by molar-refractivity contribution is 7.13. The second kappa shape index (κ2) is 6.29. The van der Waals surface area contributed by atoms with Crippen molar-refractivity contribution < 1.29 is 4.79 Å². The molecule has 1 atom stereocenters. The lowest BCUT2D eigenvalue weighted by Crippen LogP contribution is -2.28. The molecule has 0 bridgehead atoms. The summed E-state index contributed by atoms with van der Waals surface area (Å²) in [4.78, 5) is 16.3. The van der Waals surface area contributed by atoms with Gasteiger partial charge in [-0.3, -0.25) is 4.79 Å². The van der Waals surface area contributed by atoms with Crippen LogP contribution in [0.3, 0.4) is 0 Å².